The molecule has 0 spiro atoms. The minimum atomic E-state index is -0.0527. The van der Waals surface area contributed by atoms with E-state index in [1.165, 1.54) is 5.56 Å². The third-order valence-corrected chi connectivity index (χ3v) is 4.55. The summed E-state index contributed by atoms with van der Waals surface area (Å²) < 4.78 is 0. The number of aliphatic hydroxyl groups excluding tert-OH is 1. The molecule has 2 aromatic heterocycles. The van der Waals surface area contributed by atoms with Gasteiger partial charge < -0.3 is 10.1 Å². The molecule has 0 radical (unpaired) electrons. The first-order valence-corrected chi connectivity index (χ1v) is 8.53. The lowest BCUT2D eigenvalue weighted by atomic mass is 10.0. The number of aromatic amines is 1. The smallest absolute Gasteiger partial charge is 0.0853 e. The molecule has 0 bridgehead atoms. The van der Waals surface area contributed by atoms with E-state index in [4.69, 9.17) is 11.6 Å². The number of hydrogen-bond acceptors (Lipinski definition) is 2. The second-order valence-electron chi connectivity index (χ2n) is 5.99. The summed E-state index contributed by atoms with van der Waals surface area (Å²) in [5, 5.41) is 11.2. The molecule has 0 aliphatic heterocycles. The molecule has 0 aliphatic carbocycles. The molecule has 0 saturated heterocycles. The maximum absolute atomic E-state index is 9.34. The zero-order chi connectivity index (χ0) is 17.2. The van der Waals surface area contributed by atoms with Gasteiger partial charge >= 0.3 is 0 Å². The van der Waals surface area contributed by atoms with E-state index in [0.717, 1.165) is 27.9 Å². The van der Waals surface area contributed by atoms with E-state index >= 15 is 0 Å². The molecule has 25 heavy (non-hydrogen) atoms. The summed E-state index contributed by atoms with van der Waals surface area (Å²) in [6, 6.07) is 21.9. The number of aliphatic hydroxyl groups is 1. The van der Waals surface area contributed by atoms with Gasteiger partial charge in [-0.1, -0.05) is 54.1 Å². The van der Waals surface area contributed by atoms with Gasteiger partial charge in [0.05, 0.1) is 18.0 Å². The fourth-order valence-electron chi connectivity index (χ4n) is 3.16. The van der Waals surface area contributed by atoms with Crippen LogP contribution in [0.4, 0.5) is 0 Å². The fraction of sp³-hybridized carbons (Fsp3) is 0.0952. The van der Waals surface area contributed by atoms with Gasteiger partial charge in [-0.2, -0.15) is 0 Å². The minimum Gasteiger partial charge on any atom is -0.390 e. The number of halogens is 1. The fourth-order valence-corrected chi connectivity index (χ4v) is 3.33. The van der Waals surface area contributed by atoms with E-state index in [1.54, 1.807) is 0 Å². The average molecular weight is 349 g/mol. The van der Waals surface area contributed by atoms with Gasteiger partial charge in [0.1, 0.15) is 0 Å². The van der Waals surface area contributed by atoms with Crippen LogP contribution in [0.1, 0.15) is 17.0 Å². The van der Waals surface area contributed by atoms with Gasteiger partial charge in [-0.05, 0) is 35.4 Å². The van der Waals surface area contributed by atoms with E-state index in [1.807, 2.05) is 54.6 Å². The van der Waals surface area contributed by atoms with Gasteiger partial charge in [-0.15, -0.1) is 0 Å². The van der Waals surface area contributed by atoms with Crippen molar-refractivity contribution in [2.75, 3.05) is 0 Å². The minimum absolute atomic E-state index is 0.0527. The van der Waals surface area contributed by atoms with E-state index < -0.39 is 0 Å². The Morgan fingerprint density at radius 1 is 0.920 bits per heavy atom. The topological polar surface area (TPSA) is 48.9 Å². The van der Waals surface area contributed by atoms with Crippen molar-refractivity contribution < 1.29 is 5.11 Å². The molecule has 2 heterocycles. The zero-order valence-electron chi connectivity index (χ0n) is 13.5. The molecule has 2 N–H and O–H groups in total. The molecule has 0 amide bonds. The van der Waals surface area contributed by atoms with Crippen molar-refractivity contribution in [3.05, 3.63) is 88.7 Å². The van der Waals surface area contributed by atoms with Crippen molar-refractivity contribution in [3.8, 4) is 11.3 Å². The highest BCUT2D eigenvalue weighted by molar-refractivity contribution is 6.31. The number of nitrogens with one attached hydrogen (secondary N) is 1. The van der Waals surface area contributed by atoms with Gasteiger partial charge in [0.15, 0.2) is 0 Å². The maximum Gasteiger partial charge on any atom is 0.0853 e. The van der Waals surface area contributed by atoms with Crippen LogP contribution in [-0.2, 0) is 13.0 Å². The highest BCUT2D eigenvalue weighted by atomic mass is 35.5. The second kappa shape index (κ2) is 6.71. The van der Waals surface area contributed by atoms with Gasteiger partial charge in [0, 0.05) is 28.0 Å². The van der Waals surface area contributed by atoms with E-state index in [0.29, 0.717) is 17.1 Å². The van der Waals surface area contributed by atoms with Crippen molar-refractivity contribution >= 4 is 22.5 Å². The van der Waals surface area contributed by atoms with E-state index in [2.05, 4.69) is 22.1 Å². The Bertz CT molecular complexity index is 1020. The molecule has 3 nitrogen and oxygen atoms in total. The summed E-state index contributed by atoms with van der Waals surface area (Å²) in [5.74, 6) is 0. The standard InChI is InChI=1S/C21H17ClN2O/c22-15-9-10-18-19(12-16-7-4-8-17(13-25)23-16)21(24-20(18)11-15)14-5-2-1-3-6-14/h1-11,24-25H,12-13H2. The van der Waals surface area contributed by atoms with Crippen LogP contribution in [0, 0.1) is 0 Å². The highest BCUT2D eigenvalue weighted by Gasteiger charge is 2.14. The van der Waals surface area contributed by atoms with Crippen molar-refractivity contribution in [1.29, 1.82) is 0 Å². The molecule has 4 aromatic rings. The number of nitrogens with zero attached hydrogens (tertiary/aromatic N) is 1. The third kappa shape index (κ3) is 3.16. The lowest BCUT2D eigenvalue weighted by Crippen LogP contribution is -1.97. The van der Waals surface area contributed by atoms with E-state index in [-0.39, 0.29) is 6.61 Å². The number of rotatable bonds is 4. The third-order valence-electron chi connectivity index (χ3n) is 4.31. The summed E-state index contributed by atoms with van der Waals surface area (Å²) in [7, 11) is 0. The quantitative estimate of drug-likeness (QED) is 0.547. The number of pyridine rings is 1. The number of hydrogen-bond donors (Lipinski definition) is 2. The molecule has 124 valence electrons. The van der Waals surface area contributed by atoms with Gasteiger partial charge in [-0.25, -0.2) is 0 Å². The first-order chi connectivity index (χ1) is 12.2. The molecule has 0 saturated carbocycles. The van der Waals surface area contributed by atoms with Crippen molar-refractivity contribution in [2.24, 2.45) is 0 Å². The number of fused-ring (bicyclic) bond motifs is 1. The zero-order valence-corrected chi connectivity index (χ0v) is 14.3. The Morgan fingerprint density at radius 2 is 1.72 bits per heavy atom. The van der Waals surface area contributed by atoms with Crippen LogP contribution in [0.2, 0.25) is 5.02 Å². The summed E-state index contributed by atoms with van der Waals surface area (Å²) in [6.45, 7) is -0.0527. The molecule has 0 aliphatic rings. The van der Waals surface area contributed by atoms with Crippen molar-refractivity contribution in [3.63, 3.8) is 0 Å². The number of benzene rings is 2. The summed E-state index contributed by atoms with van der Waals surface area (Å²) in [5.41, 5.74) is 6.01. The molecular formula is C21H17ClN2O. The summed E-state index contributed by atoms with van der Waals surface area (Å²) in [6.07, 6.45) is 0.680. The molecule has 2 aromatic carbocycles. The van der Waals surface area contributed by atoms with Gasteiger partial charge in [0.2, 0.25) is 0 Å². The predicted molar refractivity (Wildman–Crippen MR) is 102 cm³/mol. The lowest BCUT2D eigenvalue weighted by molar-refractivity contribution is 0.276. The van der Waals surface area contributed by atoms with Crippen LogP contribution in [0.15, 0.2) is 66.7 Å². The van der Waals surface area contributed by atoms with Crippen LogP contribution in [0.25, 0.3) is 22.2 Å². The molecule has 4 heteroatoms. The first kappa shape index (κ1) is 15.9. The van der Waals surface area contributed by atoms with Crippen molar-refractivity contribution in [2.45, 2.75) is 13.0 Å². The monoisotopic (exact) mass is 348 g/mol. The molecule has 4 rings (SSSR count). The Morgan fingerprint density at radius 3 is 2.52 bits per heavy atom. The molecule has 0 unspecified atom stereocenters. The van der Waals surface area contributed by atoms with Crippen LogP contribution in [-0.4, -0.2) is 15.1 Å². The molecule has 0 atom stereocenters. The normalized spacial score (nSPS) is 11.1. The van der Waals surface area contributed by atoms with Gasteiger partial charge in [-0.3, -0.25) is 4.98 Å². The Labute approximate surface area is 150 Å². The Kier molecular flexibility index (Phi) is 4.26. The summed E-state index contributed by atoms with van der Waals surface area (Å²) in [4.78, 5) is 8.04. The Balaban J connectivity index is 1.88. The van der Waals surface area contributed by atoms with Crippen LogP contribution >= 0.6 is 11.6 Å². The lowest BCUT2D eigenvalue weighted by Gasteiger charge is -2.06. The second-order valence-corrected chi connectivity index (χ2v) is 6.43. The number of H-pyrrole nitrogens is 1. The van der Waals surface area contributed by atoms with Crippen molar-refractivity contribution in [1.82, 2.24) is 9.97 Å². The van der Waals surface area contributed by atoms with Crippen LogP contribution < -0.4 is 0 Å². The first-order valence-electron chi connectivity index (χ1n) is 8.16. The predicted octanol–water partition coefficient (Wildman–Crippen LogP) is 4.97. The highest BCUT2D eigenvalue weighted by Crippen LogP contribution is 2.33. The van der Waals surface area contributed by atoms with Crippen LogP contribution in [0.3, 0.4) is 0 Å². The molecular weight excluding hydrogens is 332 g/mol. The Hall–Kier alpha value is -2.62. The largest absolute Gasteiger partial charge is 0.390 e. The molecule has 0 fully saturated rings. The van der Waals surface area contributed by atoms with Crippen LogP contribution in [0.5, 0.6) is 0 Å². The SMILES string of the molecule is OCc1cccc(Cc2c(-c3ccccc3)[nH]c3cc(Cl)ccc23)n1. The van der Waals surface area contributed by atoms with Gasteiger partial charge in [0.25, 0.3) is 0 Å². The summed E-state index contributed by atoms with van der Waals surface area (Å²) >= 11 is 6.17. The number of aromatic nitrogens is 2. The van der Waals surface area contributed by atoms with E-state index in [9.17, 15) is 5.11 Å². The average Bonchev–Trinajstić information content (AvgIpc) is 3.00. The maximum atomic E-state index is 9.34.